The Morgan fingerprint density at radius 2 is 2.20 bits per heavy atom. The topological polar surface area (TPSA) is 29.4 Å². The van der Waals surface area contributed by atoms with Gasteiger partial charge in [0.25, 0.3) is 0 Å². The maximum Gasteiger partial charge on any atom is 1.00 e. The summed E-state index contributed by atoms with van der Waals surface area (Å²) < 4.78 is 0. The van der Waals surface area contributed by atoms with Gasteiger partial charge in [0, 0.05) is 17.5 Å². The van der Waals surface area contributed by atoms with Crippen LogP contribution in [0.15, 0.2) is 0 Å². The molecule has 1 saturated heterocycles. The summed E-state index contributed by atoms with van der Waals surface area (Å²) in [5.41, 5.74) is 0. The molecule has 0 amide bonds. The Bertz CT molecular complexity index is 188. The molecule has 1 fully saturated rings. The predicted octanol–water partition coefficient (Wildman–Crippen LogP) is -1.95. The summed E-state index contributed by atoms with van der Waals surface area (Å²) in [5.74, 6) is 0. The van der Waals surface area contributed by atoms with Gasteiger partial charge in [-0.2, -0.15) is 0 Å². The first-order valence-corrected chi connectivity index (χ1v) is 5.62. The molecule has 82 valence electrons. The van der Waals surface area contributed by atoms with Crippen molar-refractivity contribution in [1.29, 1.82) is 0 Å². The third kappa shape index (κ3) is 8.35. The van der Waals surface area contributed by atoms with Crippen molar-refractivity contribution in [2.75, 3.05) is 40.3 Å². The minimum Gasteiger partial charge on any atom is -0.661 e. The number of hydrogen-bond acceptors (Lipinski definition) is 3. The molecule has 5 heteroatoms. The molecule has 0 aromatic heterocycles. The van der Waals surface area contributed by atoms with Gasteiger partial charge in [-0.3, -0.25) is 0 Å². The molecule has 0 aromatic rings. The molecule has 1 aliphatic rings. The monoisotopic (exact) mass is 253 g/mol. The van der Waals surface area contributed by atoms with E-state index in [2.05, 4.69) is 29.6 Å². The van der Waals surface area contributed by atoms with Crippen LogP contribution < -0.4 is 56.7 Å². The molecular weight excluding hydrogens is 233 g/mol. The van der Waals surface area contributed by atoms with Crippen LogP contribution in [-0.4, -0.2) is 56.1 Å². The van der Waals surface area contributed by atoms with E-state index in [4.69, 9.17) is 12.2 Å². The second-order valence-corrected chi connectivity index (χ2v) is 4.66. The Labute approximate surface area is 141 Å². The quantitative estimate of drug-likeness (QED) is 0.339. The van der Waals surface area contributed by atoms with Gasteiger partial charge >= 0.3 is 51.4 Å². The van der Waals surface area contributed by atoms with Gasteiger partial charge in [-0.1, -0.05) is 18.6 Å². The van der Waals surface area contributed by atoms with E-state index in [0.717, 1.165) is 39.0 Å². The summed E-state index contributed by atoms with van der Waals surface area (Å²) >= 11 is 5.13. The first-order chi connectivity index (χ1) is 6.68. The van der Waals surface area contributed by atoms with Crippen molar-refractivity contribution in [2.45, 2.75) is 18.9 Å². The summed E-state index contributed by atoms with van der Waals surface area (Å²) in [4.78, 5) is 3.33. The minimum atomic E-state index is 0. The first kappa shape index (κ1) is 16.6. The third-order valence-corrected chi connectivity index (χ3v) is 2.71. The van der Waals surface area contributed by atoms with Crippen molar-refractivity contribution in [2.24, 2.45) is 0 Å². The van der Waals surface area contributed by atoms with Crippen LogP contribution in [0, 0.1) is 0 Å². The van der Waals surface area contributed by atoms with Crippen LogP contribution in [-0.2, 0) is 0 Å². The molecule has 0 saturated carbocycles. The smallest absolute Gasteiger partial charge is 0.661 e. The SMILES string of the molecule is CN(C)CC[N-]CCC1CC(=S)CN1.[K+]. The van der Waals surface area contributed by atoms with Crippen LogP contribution in [0.4, 0.5) is 0 Å². The molecule has 0 bridgehead atoms. The van der Waals surface area contributed by atoms with E-state index in [1.54, 1.807) is 0 Å². The normalized spacial score (nSPS) is 20.7. The fraction of sp³-hybridized carbons (Fsp3) is 0.900. The number of nitrogens with zero attached hydrogens (tertiary/aromatic N) is 2. The average molecular weight is 253 g/mol. The van der Waals surface area contributed by atoms with Crippen molar-refractivity contribution in [3.63, 3.8) is 0 Å². The minimum absolute atomic E-state index is 0. The summed E-state index contributed by atoms with van der Waals surface area (Å²) in [7, 11) is 4.15. The second-order valence-electron chi connectivity index (χ2n) is 4.08. The van der Waals surface area contributed by atoms with Crippen LogP contribution in [0.25, 0.3) is 5.32 Å². The molecule has 1 N–H and O–H groups in total. The molecule has 15 heavy (non-hydrogen) atoms. The van der Waals surface area contributed by atoms with Crippen molar-refractivity contribution in [3.8, 4) is 0 Å². The fourth-order valence-electron chi connectivity index (χ4n) is 1.51. The Kier molecular flexibility index (Phi) is 10.6. The molecule has 3 nitrogen and oxygen atoms in total. The van der Waals surface area contributed by atoms with E-state index in [0.29, 0.717) is 6.04 Å². The van der Waals surface area contributed by atoms with Crippen LogP contribution in [0.5, 0.6) is 0 Å². The maximum absolute atomic E-state index is 5.13. The van der Waals surface area contributed by atoms with Gasteiger partial charge in [-0.05, 0) is 27.1 Å². The molecule has 1 aliphatic heterocycles. The van der Waals surface area contributed by atoms with Crippen LogP contribution >= 0.6 is 12.2 Å². The Balaban J connectivity index is 0.00000196. The largest absolute Gasteiger partial charge is 1.00 e. The zero-order valence-electron chi connectivity index (χ0n) is 10.1. The molecule has 1 rings (SSSR count). The summed E-state index contributed by atoms with van der Waals surface area (Å²) in [6, 6.07) is 0.589. The molecule has 1 unspecified atom stereocenters. The van der Waals surface area contributed by atoms with Crippen LogP contribution in [0.3, 0.4) is 0 Å². The van der Waals surface area contributed by atoms with Crippen molar-refractivity contribution in [1.82, 2.24) is 10.2 Å². The van der Waals surface area contributed by atoms with Gasteiger partial charge in [0.1, 0.15) is 0 Å². The Morgan fingerprint density at radius 3 is 2.73 bits per heavy atom. The number of thiocarbonyl (C=S) groups is 1. The molecule has 1 atom stereocenters. The van der Waals surface area contributed by atoms with Crippen molar-refractivity contribution in [3.05, 3.63) is 5.32 Å². The summed E-state index contributed by atoms with van der Waals surface area (Å²) in [6.45, 7) is 3.90. The van der Waals surface area contributed by atoms with Gasteiger partial charge in [0.2, 0.25) is 0 Å². The molecule has 0 radical (unpaired) electrons. The van der Waals surface area contributed by atoms with E-state index in [-0.39, 0.29) is 51.4 Å². The molecule has 0 aromatic carbocycles. The number of likely N-dealkylation sites (N-methyl/N-ethyl adjacent to an activating group) is 1. The van der Waals surface area contributed by atoms with E-state index in [9.17, 15) is 0 Å². The maximum atomic E-state index is 5.13. The number of nitrogens with one attached hydrogen (secondary N) is 1. The first-order valence-electron chi connectivity index (χ1n) is 5.21. The fourth-order valence-corrected chi connectivity index (χ4v) is 1.80. The summed E-state index contributed by atoms with van der Waals surface area (Å²) in [5, 5.41) is 7.87. The van der Waals surface area contributed by atoms with E-state index in [1.165, 1.54) is 4.86 Å². The molecule has 0 aliphatic carbocycles. The van der Waals surface area contributed by atoms with Crippen molar-refractivity contribution >= 4 is 17.1 Å². The third-order valence-electron chi connectivity index (χ3n) is 2.40. The average Bonchev–Trinajstić information content (AvgIpc) is 2.50. The van der Waals surface area contributed by atoms with E-state index in [1.807, 2.05) is 0 Å². The van der Waals surface area contributed by atoms with Gasteiger partial charge < -0.3 is 15.5 Å². The van der Waals surface area contributed by atoms with Gasteiger partial charge in [-0.25, -0.2) is 0 Å². The van der Waals surface area contributed by atoms with Crippen LogP contribution in [0.1, 0.15) is 12.8 Å². The van der Waals surface area contributed by atoms with Gasteiger partial charge in [-0.15, -0.1) is 13.1 Å². The van der Waals surface area contributed by atoms with Crippen molar-refractivity contribution < 1.29 is 51.4 Å². The second kappa shape index (κ2) is 9.62. The van der Waals surface area contributed by atoms with Gasteiger partial charge in [0.15, 0.2) is 0 Å². The Hall–Kier alpha value is 1.61. The van der Waals surface area contributed by atoms with Crippen LogP contribution in [0.2, 0.25) is 0 Å². The Morgan fingerprint density at radius 1 is 1.47 bits per heavy atom. The molecule has 1 heterocycles. The zero-order valence-corrected chi connectivity index (χ0v) is 14.1. The summed E-state index contributed by atoms with van der Waals surface area (Å²) in [6.07, 6.45) is 2.20. The number of rotatable bonds is 6. The van der Waals surface area contributed by atoms with E-state index < -0.39 is 0 Å². The molecule has 0 spiro atoms. The zero-order chi connectivity index (χ0) is 10.4. The standard InChI is InChI=1S/C10H20N3S.K/c1-13(2)6-5-11-4-3-9-7-10(14)8-12-9;/h9,12H,3-8H2,1-2H3;/q-1;+1. The molecular formula is C10H20KN3S. The van der Waals surface area contributed by atoms with Gasteiger partial charge in [0.05, 0.1) is 0 Å². The predicted molar refractivity (Wildman–Crippen MR) is 65.3 cm³/mol. The van der Waals surface area contributed by atoms with E-state index >= 15 is 0 Å². The number of hydrogen-bond donors (Lipinski definition) is 1.